The van der Waals surface area contributed by atoms with E-state index in [1.807, 2.05) is 41.8 Å². The lowest BCUT2D eigenvalue weighted by Gasteiger charge is -1.96. The fourth-order valence-electron chi connectivity index (χ4n) is 1.80. The number of aryl methyl sites for hydroxylation is 1. The van der Waals surface area contributed by atoms with Gasteiger partial charge < -0.3 is 8.82 Å². The first kappa shape index (κ1) is 9.66. The smallest absolute Gasteiger partial charge is 0.154 e. The molecule has 80 valence electrons. The molecule has 3 rings (SSSR count). The van der Waals surface area contributed by atoms with Crippen molar-refractivity contribution in [2.75, 3.05) is 0 Å². The standard InChI is InChI=1S/C12H9BrN2O/c1-8-11(10-5-3-7-16-10)14-12-9(13)4-2-6-15(8)12/h2-7H,1H3. The number of fused-ring (bicyclic) bond motifs is 1. The van der Waals surface area contributed by atoms with Gasteiger partial charge in [0.1, 0.15) is 5.69 Å². The van der Waals surface area contributed by atoms with E-state index in [1.165, 1.54) is 0 Å². The lowest BCUT2D eigenvalue weighted by molar-refractivity contribution is 0.580. The minimum atomic E-state index is 0.799. The van der Waals surface area contributed by atoms with E-state index in [1.54, 1.807) is 6.26 Å². The second-order valence-electron chi connectivity index (χ2n) is 3.57. The highest BCUT2D eigenvalue weighted by Gasteiger charge is 2.13. The van der Waals surface area contributed by atoms with Crippen LogP contribution < -0.4 is 0 Å². The number of aromatic nitrogens is 2. The topological polar surface area (TPSA) is 30.4 Å². The zero-order chi connectivity index (χ0) is 11.1. The molecule has 0 radical (unpaired) electrons. The van der Waals surface area contributed by atoms with Crippen molar-refractivity contribution in [2.45, 2.75) is 6.92 Å². The van der Waals surface area contributed by atoms with Gasteiger partial charge >= 0.3 is 0 Å². The molecule has 0 aliphatic rings. The van der Waals surface area contributed by atoms with E-state index >= 15 is 0 Å². The molecule has 0 aliphatic heterocycles. The summed E-state index contributed by atoms with van der Waals surface area (Å²) in [5.74, 6) is 0.799. The van der Waals surface area contributed by atoms with E-state index < -0.39 is 0 Å². The van der Waals surface area contributed by atoms with Gasteiger partial charge in [-0.3, -0.25) is 0 Å². The average molecular weight is 277 g/mol. The molecule has 0 atom stereocenters. The highest BCUT2D eigenvalue weighted by atomic mass is 79.9. The lowest BCUT2D eigenvalue weighted by atomic mass is 10.3. The number of imidazole rings is 1. The molecule has 4 heteroatoms. The molecule has 0 aromatic carbocycles. The molecule has 3 nitrogen and oxygen atoms in total. The number of hydrogen-bond acceptors (Lipinski definition) is 2. The third kappa shape index (κ3) is 1.30. The molecular weight excluding hydrogens is 268 g/mol. The molecule has 0 saturated heterocycles. The van der Waals surface area contributed by atoms with Crippen LogP contribution >= 0.6 is 15.9 Å². The second kappa shape index (κ2) is 3.49. The number of hydrogen-bond donors (Lipinski definition) is 0. The van der Waals surface area contributed by atoms with Gasteiger partial charge in [-0.2, -0.15) is 0 Å². The van der Waals surface area contributed by atoms with Crippen molar-refractivity contribution in [2.24, 2.45) is 0 Å². The predicted molar refractivity (Wildman–Crippen MR) is 65.3 cm³/mol. The second-order valence-corrected chi connectivity index (χ2v) is 4.43. The molecule has 3 heterocycles. The van der Waals surface area contributed by atoms with E-state index in [0.29, 0.717) is 0 Å². The molecule has 0 unspecified atom stereocenters. The molecule has 3 aromatic rings. The maximum Gasteiger partial charge on any atom is 0.154 e. The van der Waals surface area contributed by atoms with Crippen LogP contribution in [0.5, 0.6) is 0 Å². The molecule has 0 bridgehead atoms. The van der Waals surface area contributed by atoms with Gasteiger partial charge in [0.15, 0.2) is 11.4 Å². The molecule has 0 saturated carbocycles. The molecule has 0 spiro atoms. The molecule has 3 aromatic heterocycles. The number of furan rings is 1. The molecule has 0 amide bonds. The van der Waals surface area contributed by atoms with Crippen LogP contribution in [-0.4, -0.2) is 9.38 Å². The van der Waals surface area contributed by atoms with Crippen molar-refractivity contribution in [1.82, 2.24) is 9.38 Å². The highest BCUT2D eigenvalue weighted by Crippen LogP contribution is 2.27. The molecule has 0 N–H and O–H groups in total. The largest absolute Gasteiger partial charge is 0.463 e. The Bertz CT molecular complexity index is 640. The van der Waals surface area contributed by atoms with Crippen molar-refractivity contribution in [3.8, 4) is 11.5 Å². The fraction of sp³-hybridized carbons (Fsp3) is 0.0833. The van der Waals surface area contributed by atoms with Crippen molar-refractivity contribution >= 4 is 21.6 Å². The zero-order valence-corrected chi connectivity index (χ0v) is 10.2. The van der Waals surface area contributed by atoms with Crippen LogP contribution in [0.25, 0.3) is 17.1 Å². The third-order valence-electron chi connectivity index (χ3n) is 2.60. The minimum absolute atomic E-state index is 0.799. The Balaban J connectivity index is 2.36. The van der Waals surface area contributed by atoms with Crippen molar-refractivity contribution in [1.29, 1.82) is 0 Å². The normalized spacial score (nSPS) is 11.1. The number of rotatable bonds is 1. The first-order valence-electron chi connectivity index (χ1n) is 4.94. The van der Waals surface area contributed by atoms with E-state index in [0.717, 1.165) is 27.3 Å². The van der Waals surface area contributed by atoms with Gasteiger partial charge in [0.2, 0.25) is 0 Å². The Morgan fingerprint density at radius 3 is 2.88 bits per heavy atom. The lowest BCUT2D eigenvalue weighted by Crippen LogP contribution is -1.86. The quantitative estimate of drug-likeness (QED) is 0.679. The fourth-order valence-corrected chi connectivity index (χ4v) is 2.23. The first-order valence-corrected chi connectivity index (χ1v) is 5.74. The highest BCUT2D eigenvalue weighted by molar-refractivity contribution is 9.10. The predicted octanol–water partition coefficient (Wildman–Crippen LogP) is 3.67. The summed E-state index contributed by atoms with van der Waals surface area (Å²) < 4.78 is 8.40. The van der Waals surface area contributed by atoms with Gasteiger partial charge in [0, 0.05) is 6.20 Å². The van der Waals surface area contributed by atoms with Crippen LogP contribution in [0.4, 0.5) is 0 Å². The molecule has 16 heavy (non-hydrogen) atoms. The van der Waals surface area contributed by atoms with Crippen molar-refractivity contribution < 1.29 is 4.42 Å². The van der Waals surface area contributed by atoms with Crippen LogP contribution in [0.1, 0.15) is 5.69 Å². The van der Waals surface area contributed by atoms with Crippen LogP contribution in [0.2, 0.25) is 0 Å². The Labute approximate surface area is 101 Å². The number of pyridine rings is 1. The van der Waals surface area contributed by atoms with Gasteiger partial charge in [0.05, 0.1) is 16.4 Å². The van der Waals surface area contributed by atoms with Gasteiger partial charge in [-0.1, -0.05) is 0 Å². The van der Waals surface area contributed by atoms with Gasteiger partial charge in [0.25, 0.3) is 0 Å². The van der Waals surface area contributed by atoms with E-state index in [9.17, 15) is 0 Å². The Hall–Kier alpha value is -1.55. The van der Waals surface area contributed by atoms with E-state index in [-0.39, 0.29) is 0 Å². The molecule has 0 fully saturated rings. The van der Waals surface area contributed by atoms with Crippen LogP contribution in [0, 0.1) is 6.92 Å². The number of halogens is 1. The van der Waals surface area contributed by atoms with Crippen LogP contribution in [0.15, 0.2) is 45.6 Å². The number of nitrogens with zero attached hydrogens (tertiary/aromatic N) is 2. The average Bonchev–Trinajstić information content (AvgIpc) is 2.88. The van der Waals surface area contributed by atoms with Crippen molar-refractivity contribution in [3.63, 3.8) is 0 Å². The summed E-state index contributed by atoms with van der Waals surface area (Å²) in [7, 11) is 0. The van der Waals surface area contributed by atoms with E-state index in [2.05, 4.69) is 20.9 Å². The van der Waals surface area contributed by atoms with Gasteiger partial charge in [-0.15, -0.1) is 0 Å². The SMILES string of the molecule is Cc1c(-c2ccco2)nc2c(Br)cccn12. The van der Waals surface area contributed by atoms with Crippen LogP contribution in [0.3, 0.4) is 0 Å². The summed E-state index contributed by atoms with van der Waals surface area (Å²) in [6, 6.07) is 7.75. The zero-order valence-electron chi connectivity index (χ0n) is 8.64. The van der Waals surface area contributed by atoms with Crippen LogP contribution in [-0.2, 0) is 0 Å². The summed E-state index contributed by atoms with van der Waals surface area (Å²) in [5.41, 5.74) is 2.87. The maximum atomic E-state index is 5.38. The molecular formula is C12H9BrN2O. The van der Waals surface area contributed by atoms with Gasteiger partial charge in [-0.25, -0.2) is 4.98 Å². The third-order valence-corrected chi connectivity index (χ3v) is 3.21. The minimum Gasteiger partial charge on any atom is -0.463 e. The summed E-state index contributed by atoms with van der Waals surface area (Å²) in [4.78, 5) is 4.58. The first-order chi connectivity index (χ1) is 7.77. The summed E-state index contributed by atoms with van der Waals surface area (Å²) in [6.07, 6.45) is 3.66. The maximum absolute atomic E-state index is 5.38. The Morgan fingerprint density at radius 2 is 2.19 bits per heavy atom. The summed E-state index contributed by atoms with van der Waals surface area (Å²) in [6.45, 7) is 2.03. The van der Waals surface area contributed by atoms with Crippen molar-refractivity contribution in [3.05, 3.63) is 46.9 Å². The molecule has 0 aliphatic carbocycles. The summed E-state index contributed by atoms with van der Waals surface area (Å²) >= 11 is 3.49. The monoisotopic (exact) mass is 276 g/mol. The summed E-state index contributed by atoms with van der Waals surface area (Å²) in [5, 5.41) is 0. The van der Waals surface area contributed by atoms with Gasteiger partial charge in [-0.05, 0) is 47.1 Å². The Kier molecular flexibility index (Phi) is 2.11. The van der Waals surface area contributed by atoms with E-state index in [4.69, 9.17) is 4.42 Å². The Morgan fingerprint density at radius 1 is 1.31 bits per heavy atom.